The van der Waals surface area contributed by atoms with Gasteiger partial charge in [-0.05, 0) is 43.2 Å². The second kappa shape index (κ2) is 6.62. The van der Waals surface area contributed by atoms with Crippen LogP contribution >= 0.6 is 0 Å². The van der Waals surface area contributed by atoms with E-state index in [1.807, 2.05) is 30.3 Å². The molecule has 28 heavy (non-hydrogen) atoms. The molecule has 0 bridgehead atoms. The summed E-state index contributed by atoms with van der Waals surface area (Å²) in [4.78, 5) is 6.07. The predicted molar refractivity (Wildman–Crippen MR) is 112 cm³/mol. The number of aromatic amines is 1. The first-order valence-electron chi connectivity index (χ1n) is 9.75. The first-order valence-corrected chi connectivity index (χ1v) is 11.2. The molecule has 0 radical (unpaired) electrons. The lowest BCUT2D eigenvalue weighted by Gasteiger charge is -2.30. The van der Waals surface area contributed by atoms with Gasteiger partial charge < -0.3 is 15.6 Å². The summed E-state index contributed by atoms with van der Waals surface area (Å²) in [7, 11) is -3.44. The minimum absolute atomic E-state index is 0.153. The predicted octanol–water partition coefficient (Wildman–Crippen LogP) is 2.77. The van der Waals surface area contributed by atoms with E-state index in [9.17, 15) is 8.42 Å². The number of sulfonamides is 1. The molecular weight excluding hydrogens is 372 g/mol. The van der Waals surface area contributed by atoms with Gasteiger partial charge in [0.1, 0.15) is 0 Å². The quantitative estimate of drug-likeness (QED) is 0.710. The molecule has 2 aliphatic rings. The highest BCUT2D eigenvalue weighted by atomic mass is 32.2. The van der Waals surface area contributed by atoms with Crippen molar-refractivity contribution in [1.29, 1.82) is 0 Å². The van der Waals surface area contributed by atoms with Crippen LogP contribution in [0.1, 0.15) is 12.8 Å². The zero-order chi connectivity index (χ0) is 19.3. The molecule has 1 unspecified atom stereocenters. The fourth-order valence-electron chi connectivity index (χ4n) is 4.07. The third-order valence-electron chi connectivity index (χ3n) is 5.81. The Balaban J connectivity index is 1.65. The topological polar surface area (TPSA) is 82.4 Å². The standard InChI is InChI=1S/C21H24N4O2S/c22-16-8-11-24(14-16)21-7-6-17(28(26,27)25-9-3-10-25)13-18(21)20-12-15-4-1-2-5-19(15)23-20/h1-2,4-7,12-13,16,23H,3,8-11,14,22H2. The fraction of sp³-hybridized carbons (Fsp3) is 0.333. The third kappa shape index (κ3) is 2.90. The smallest absolute Gasteiger partial charge is 0.243 e. The molecule has 3 heterocycles. The molecule has 0 spiro atoms. The molecule has 5 rings (SSSR count). The van der Waals surface area contributed by atoms with Crippen LogP contribution in [0.5, 0.6) is 0 Å². The Hall–Kier alpha value is -2.35. The van der Waals surface area contributed by atoms with Crippen molar-refractivity contribution < 1.29 is 8.42 Å². The van der Waals surface area contributed by atoms with Gasteiger partial charge in [0, 0.05) is 60.1 Å². The van der Waals surface area contributed by atoms with E-state index < -0.39 is 10.0 Å². The highest BCUT2D eigenvalue weighted by Crippen LogP contribution is 2.36. The molecule has 2 aromatic carbocycles. The summed E-state index contributed by atoms with van der Waals surface area (Å²) < 4.78 is 27.4. The summed E-state index contributed by atoms with van der Waals surface area (Å²) in [6.07, 6.45) is 1.87. The van der Waals surface area contributed by atoms with E-state index in [1.165, 1.54) is 0 Å². The van der Waals surface area contributed by atoms with E-state index in [2.05, 4.69) is 22.0 Å². The van der Waals surface area contributed by atoms with Gasteiger partial charge in [-0.25, -0.2) is 8.42 Å². The largest absolute Gasteiger partial charge is 0.369 e. The molecule has 2 aliphatic heterocycles. The highest BCUT2D eigenvalue weighted by Gasteiger charge is 2.31. The lowest BCUT2D eigenvalue weighted by atomic mass is 10.1. The number of fused-ring (bicyclic) bond motifs is 1. The molecule has 3 N–H and O–H groups in total. The normalized spacial score (nSPS) is 20.6. The second-order valence-electron chi connectivity index (χ2n) is 7.70. The summed E-state index contributed by atoms with van der Waals surface area (Å²) in [5.74, 6) is 0. The number of nitrogens with two attached hydrogens (primary N) is 1. The molecule has 146 valence electrons. The highest BCUT2D eigenvalue weighted by molar-refractivity contribution is 7.89. The van der Waals surface area contributed by atoms with Crippen molar-refractivity contribution >= 4 is 26.6 Å². The van der Waals surface area contributed by atoms with Gasteiger partial charge >= 0.3 is 0 Å². The van der Waals surface area contributed by atoms with Crippen LogP contribution in [0.3, 0.4) is 0 Å². The van der Waals surface area contributed by atoms with E-state index >= 15 is 0 Å². The Bertz CT molecular complexity index is 1100. The van der Waals surface area contributed by atoms with E-state index in [0.717, 1.165) is 53.8 Å². The molecule has 0 saturated carbocycles. The van der Waals surface area contributed by atoms with Crippen molar-refractivity contribution in [2.24, 2.45) is 5.73 Å². The van der Waals surface area contributed by atoms with E-state index in [4.69, 9.17) is 5.73 Å². The van der Waals surface area contributed by atoms with Gasteiger partial charge in [-0.15, -0.1) is 0 Å². The number of nitrogens with one attached hydrogen (secondary N) is 1. The van der Waals surface area contributed by atoms with Crippen molar-refractivity contribution in [3.05, 3.63) is 48.5 Å². The summed E-state index contributed by atoms with van der Waals surface area (Å²) >= 11 is 0. The van der Waals surface area contributed by atoms with Crippen molar-refractivity contribution in [3.8, 4) is 11.3 Å². The maximum atomic E-state index is 12.9. The van der Waals surface area contributed by atoms with Crippen LogP contribution in [0.15, 0.2) is 53.4 Å². The van der Waals surface area contributed by atoms with Gasteiger partial charge in [0.05, 0.1) is 4.90 Å². The minimum Gasteiger partial charge on any atom is -0.369 e. The van der Waals surface area contributed by atoms with Gasteiger partial charge in [-0.1, -0.05) is 18.2 Å². The Kier molecular flexibility index (Phi) is 4.19. The van der Waals surface area contributed by atoms with Crippen LogP contribution < -0.4 is 10.6 Å². The van der Waals surface area contributed by atoms with Crippen LogP contribution in [0.4, 0.5) is 5.69 Å². The zero-order valence-corrected chi connectivity index (χ0v) is 16.5. The van der Waals surface area contributed by atoms with Crippen LogP contribution in [0.2, 0.25) is 0 Å². The molecule has 1 atom stereocenters. The van der Waals surface area contributed by atoms with Crippen LogP contribution in [-0.4, -0.2) is 49.9 Å². The average Bonchev–Trinajstić information content (AvgIpc) is 3.25. The van der Waals surface area contributed by atoms with Gasteiger partial charge in [-0.2, -0.15) is 4.31 Å². The number of nitrogens with zero attached hydrogens (tertiary/aromatic N) is 2. The van der Waals surface area contributed by atoms with Crippen molar-refractivity contribution in [3.63, 3.8) is 0 Å². The van der Waals surface area contributed by atoms with Gasteiger partial charge in [-0.3, -0.25) is 0 Å². The molecule has 2 fully saturated rings. The van der Waals surface area contributed by atoms with Crippen LogP contribution in [0, 0.1) is 0 Å². The number of H-pyrrole nitrogens is 1. The monoisotopic (exact) mass is 396 g/mol. The Morgan fingerprint density at radius 1 is 1.04 bits per heavy atom. The van der Waals surface area contributed by atoms with E-state index in [-0.39, 0.29) is 6.04 Å². The Morgan fingerprint density at radius 2 is 1.86 bits per heavy atom. The number of benzene rings is 2. The Labute approximate surface area is 165 Å². The lowest BCUT2D eigenvalue weighted by Crippen LogP contribution is -2.41. The summed E-state index contributed by atoms with van der Waals surface area (Å²) in [5, 5.41) is 1.11. The molecular formula is C21H24N4O2S. The molecule has 7 heteroatoms. The van der Waals surface area contributed by atoms with Gasteiger partial charge in [0.25, 0.3) is 0 Å². The van der Waals surface area contributed by atoms with E-state index in [1.54, 1.807) is 10.4 Å². The average molecular weight is 397 g/mol. The number of hydrogen-bond acceptors (Lipinski definition) is 4. The van der Waals surface area contributed by atoms with Gasteiger partial charge in [0.2, 0.25) is 10.0 Å². The van der Waals surface area contributed by atoms with Crippen molar-refractivity contribution in [2.75, 3.05) is 31.1 Å². The first-order chi connectivity index (χ1) is 13.5. The number of para-hydroxylation sites is 1. The van der Waals surface area contributed by atoms with Crippen molar-refractivity contribution in [1.82, 2.24) is 9.29 Å². The molecule has 6 nitrogen and oxygen atoms in total. The molecule has 0 amide bonds. The van der Waals surface area contributed by atoms with E-state index in [0.29, 0.717) is 18.0 Å². The second-order valence-corrected chi connectivity index (χ2v) is 9.64. The van der Waals surface area contributed by atoms with Crippen LogP contribution in [0.25, 0.3) is 22.2 Å². The first kappa shape index (κ1) is 17.7. The molecule has 2 saturated heterocycles. The SMILES string of the molecule is NC1CCN(c2ccc(S(=O)(=O)N3CCC3)cc2-c2cc3ccccc3[nH]2)C1. The zero-order valence-electron chi connectivity index (χ0n) is 15.6. The maximum Gasteiger partial charge on any atom is 0.243 e. The molecule has 0 aliphatic carbocycles. The summed E-state index contributed by atoms with van der Waals surface area (Å²) in [5.41, 5.74) is 10.0. The Morgan fingerprint density at radius 3 is 2.54 bits per heavy atom. The van der Waals surface area contributed by atoms with Gasteiger partial charge in [0.15, 0.2) is 0 Å². The maximum absolute atomic E-state index is 12.9. The fourth-order valence-corrected chi connectivity index (χ4v) is 5.61. The number of aromatic nitrogens is 1. The molecule has 1 aromatic heterocycles. The van der Waals surface area contributed by atoms with Crippen LogP contribution in [-0.2, 0) is 10.0 Å². The number of anilines is 1. The number of rotatable bonds is 4. The number of hydrogen-bond donors (Lipinski definition) is 2. The third-order valence-corrected chi connectivity index (χ3v) is 7.70. The summed E-state index contributed by atoms with van der Waals surface area (Å²) in [6.45, 7) is 2.87. The summed E-state index contributed by atoms with van der Waals surface area (Å²) in [6, 6.07) is 15.8. The van der Waals surface area contributed by atoms with Crippen molar-refractivity contribution in [2.45, 2.75) is 23.8 Å². The lowest BCUT2D eigenvalue weighted by molar-refractivity contribution is 0.309. The minimum atomic E-state index is -3.44. The molecule has 3 aromatic rings.